The van der Waals surface area contributed by atoms with Gasteiger partial charge in [0.2, 0.25) is 17.1 Å². The zero-order valence-electron chi connectivity index (χ0n) is 10.2. The van der Waals surface area contributed by atoms with Crippen LogP contribution >= 0.6 is 11.8 Å². The van der Waals surface area contributed by atoms with Crippen molar-refractivity contribution >= 4 is 23.7 Å². The summed E-state index contributed by atoms with van der Waals surface area (Å²) in [5.74, 6) is 6.15. The van der Waals surface area contributed by atoms with Gasteiger partial charge in [-0.25, -0.2) is 5.84 Å². The lowest BCUT2D eigenvalue weighted by Crippen LogP contribution is -2.17. The number of hydrogen-bond donors (Lipinski definition) is 2. The number of aryl methyl sites for hydroxylation is 1. The minimum absolute atomic E-state index is 0.304. The Balaban J connectivity index is 2.32. The molecule has 2 rings (SSSR count). The van der Waals surface area contributed by atoms with E-state index in [2.05, 4.69) is 30.6 Å². The number of nitrogens with zero attached hydrogens (tertiary/aromatic N) is 7. The zero-order valence-corrected chi connectivity index (χ0v) is 11.0. The van der Waals surface area contributed by atoms with Gasteiger partial charge in [-0.2, -0.15) is 15.0 Å². The second-order valence-electron chi connectivity index (χ2n) is 3.61. The topological polar surface area (TPSA) is 111 Å². The molecule has 0 aliphatic carbocycles. The van der Waals surface area contributed by atoms with Crippen molar-refractivity contribution in [1.82, 2.24) is 29.7 Å². The molecule has 0 atom stereocenters. The molecule has 10 heteroatoms. The number of nitrogen functional groups attached to an aromatic ring is 1. The molecule has 0 aliphatic heterocycles. The largest absolute Gasteiger partial charge is 0.347 e. The van der Waals surface area contributed by atoms with Gasteiger partial charge in [0.05, 0.1) is 0 Å². The van der Waals surface area contributed by atoms with Crippen molar-refractivity contribution in [2.24, 2.45) is 12.9 Å². The van der Waals surface area contributed by atoms with E-state index < -0.39 is 0 Å². The summed E-state index contributed by atoms with van der Waals surface area (Å²) in [5.41, 5.74) is 2.41. The molecule has 0 saturated heterocycles. The number of hydrogen-bond acceptors (Lipinski definition) is 9. The summed E-state index contributed by atoms with van der Waals surface area (Å²) in [6.45, 7) is 0. The van der Waals surface area contributed by atoms with Crippen LogP contribution < -0.4 is 16.2 Å². The van der Waals surface area contributed by atoms with Crippen LogP contribution in [-0.4, -0.2) is 43.8 Å². The van der Waals surface area contributed by atoms with Gasteiger partial charge in [-0.05, 0) is 11.8 Å². The first-order valence-corrected chi connectivity index (χ1v) is 5.83. The van der Waals surface area contributed by atoms with Gasteiger partial charge in [-0.1, -0.05) is 0 Å². The van der Waals surface area contributed by atoms with Crippen molar-refractivity contribution in [2.75, 3.05) is 24.4 Å². The molecule has 2 aromatic heterocycles. The lowest BCUT2D eigenvalue weighted by molar-refractivity contribution is 0.780. The summed E-state index contributed by atoms with van der Waals surface area (Å²) in [7, 11) is 5.53. The van der Waals surface area contributed by atoms with Crippen molar-refractivity contribution in [3.63, 3.8) is 0 Å². The molecular weight excluding hydrogens is 254 g/mol. The monoisotopic (exact) mass is 267 g/mol. The molecule has 0 spiro atoms. The van der Waals surface area contributed by atoms with Gasteiger partial charge in [0.15, 0.2) is 5.16 Å². The van der Waals surface area contributed by atoms with Crippen molar-refractivity contribution < 1.29 is 0 Å². The van der Waals surface area contributed by atoms with Gasteiger partial charge in [-0.3, -0.25) is 5.43 Å². The van der Waals surface area contributed by atoms with Crippen LogP contribution in [0.25, 0.3) is 0 Å². The molecule has 0 amide bonds. The van der Waals surface area contributed by atoms with E-state index in [0.717, 1.165) is 0 Å². The highest BCUT2D eigenvalue weighted by Gasteiger charge is 2.11. The lowest BCUT2D eigenvalue weighted by Gasteiger charge is -2.11. The predicted molar refractivity (Wildman–Crippen MR) is 67.1 cm³/mol. The molecule has 96 valence electrons. The first-order chi connectivity index (χ1) is 8.60. The Bertz CT molecular complexity index is 537. The summed E-state index contributed by atoms with van der Waals surface area (Å²) >= 11 is 1.29. The fourth-order valence-corrected chi connectivity index (χ4v) is 1.80. The van der Waals surface area contributed by atoms with E-state index in [1.807, 2.05) is 21.1 Å². The smallest absolute Gasteiger partial charge is 0.242 e. The molecule has 3 N–H and O–H groups in total. The maximum Gasteiger partial charge on any atom is 0.242 e. The van der Waals surface area contributed by atoms with E-state index >= 15 is 0 Å². The Morgan fingerprint density at radius 3 is 2.67 bits per heavy atom. The van der Waals surface area contributed by atoms with Crippen molar-refractivity contribution in [3.8, 4) is 0 Å². The highest BCUT2D eigenvalue weighted by Crippen LogP contribution is 2.23. The maximum atomic E-state index is 5.33. The van der Waals surface area contributed by atoms with Crippen LogP contribution in [0.1, 0.15) is 0 Å². The van der Waals surface area contributed by atoms with Crippen LogP contribution in [0, 0.1) is 0 Å². The minimum Gasteiger partial charge on any atom is -0.347 e. The second-order valence-corrected chi connectivity index (χ2v) is 4.54. The summed E-state index contributed by atoms with van der Waals surface area (Å²) in [6.07, 6.45) is 1.61. The van der Waals surface area contributed by atoms with Crippen molar-refractivity contribution in [2.45, 2.75) is 10.3 Å². The van der Waals surface area contributed by atoms with Crippen molar-refractivity contribution in [3.05, 3.63) is 6.33 Å². The molecule has 0 saturated carbocycles. The Kier molecular flexibility index (Phi) is 3.58. The molecule has 0 radical (unpaired) electrons. The molecule has 0 bridgehead atoms. The minimum atomic E-state index is 0.304. The Hall–Kier alpha value is -1.94. The number of aromatic nitrogens is 6. The van der Waals surface area contributed by atoms with E-state index in [4.69, 9.17) is 5.84 Å². The van der Waals surface area contributed by atoms with Crippen LogP contribution in [0.3, 0.4) is 0 Å². The van der Waals surface area contributed by atoms with E-state index in [1.54, 1.807) is 15.8 Å². The van der Waals surface area contributed by atoms with E-state index in [9.17, 15) is 0 Å². The van der Waals surface area contributed by atoms with Gasteiger partial charge in [0, 0.05) is 21.1 Å². The van der Waals surface area contributed by atoms with Gasteiger partial charge >= 0.3 is 0 Å². The number of hydrazine groups is 1. The molecular formula is C8H13N9S. The maximum absolute atomic E-state index is 5.33. The summed E-state index contributed by atoms with van der Waals surface area (Å²) in [4.78, 5) is 14.3. The van der Waals surface area contributed by atoms with E-state index in [0.29, 0.717) is 22.2 Å². The second kappa shape index (κ2) is 5.14. The van der Waals surface area contributed by atoms with Crippen molar-refractivity contribution in [1.29, 1.82) is 0 Å². The van der Waals surface area contributed by atoms with Gasteiger partial charge < -0.3 is 9.47 Å². The third-order valence-electron chi connectivity index (χ3n) is 1.98. The zero-order chi connectivity index (χ0) is 13.1. The molecule has 0 aliphatic rings. The van der Waals surface area contributed by atoms with Crippen LogP contribution in [-0.2, 0) is 7.05 Å². The number of nitrogens with one attached hydrogen (secondary N) is 1. The molecule has 0 unspecified atom stereocenters. The van der Waals surface area contributed by atoms with Gasteiger partial charge in [0.25, 0.3) is 0 Å². The van der Waals surface area contributed by atoms with E-state index in [1.165, 1.54) is 11.8 Å². The molecule has 0 aromatic carbocycles. The summed E-state index contributed by atoms with van der Waals surface area (Å²) < 4.78 is 1.78. The fourth-order valence-electron chi connectivity index (χ4n) is 1.10. The summed E-state index contributed by atoms with van der Waals surface area (Å²) in [5, 5.41) is 8.93. The fraction of sp³-hybridized carbons (Fsp3) is 0.375. The molecule has 2 heterocycles. The average Bonchev–Trinajstić information content (AvgIpc) is 2.74. The number of rotatable bonds is 4. The highest BCUT2D eigenvalue weighted by molar-refractivity contribution is 7.99. The van der Waals surface area contributed by atoms with Crippen LogP contribution in [0.4, 0.5) is 11.9 Å². The number of anilines is 2. The van der Waals surface area contributed by atoms with Gasteiger partial charge in [-0.15, -0.1) is 10.2 Å². The third-order valence-corrected chi connectivity index (χ3v) is 2.90. The standard InChI is InChI=1S/C8H13N9S/c1-16(2)6-11-5(14-9)12-7(13-6)18-8-15-10-4-17(8)3/h4H,9H2,1-3H3,(H,11,12,13,14). The molecule has 18 heavy (non-hydrogen) atoms. The van der Waals surface area contributed by atoms with Gasteiger partial charge in [0.1, 0.15) is 6.33 Å². The normalized spacial score (nSPS) is 10.4. The first-order valence-electron chi connectivity index (χ1n) is 5.02. The SMILES string of the molecule is CN(C)c1nc(NN)nc(Sc2nncn2C)n1. The highest BCUT2D eigenvalue weighted by atomic mass is 32.2. The Morgan fingerprint density at radius 2 is 2.11 bits per heavy atom. The van der Waals surface area contributed by atoms with Crippen LogP contribution in [0.2, 0.25) is 0 Å². The third kappa shape index (κ3) is 2.65. The van der Waals surface area contributed by atoms with Crippen LogP contribution in [0.5, 0.6) is 0 Å². The average molecular weight is 267 g/mol. The Morgan fingerprint density at radius 1 is 1.33 bits per heavy atom. The lowest BCUT2D eigenvalue weighted by atomic mass is 10.8. The first kappa shape index (κ1) is 12.5. The van der Waals surface area contributed by atoms with E-state index in [-0.39, 0.29) is 0 Å². The Labute approximate surface area is 108 Å². The molecule has 9 nitrogen and oxygen atoms in total. The predicted octanol–water partition coefficient (Wildman–Crippen LogP) is -0.497. The molecule has 0 fully saturated rings. The number of nitrogens with two attached hydrogens (primary N) is 1. The quantitative estimate of drug-likeness (QED) is 0.559. The summed E-state index contributed by atoms with van der Waals surface area (Å²) in [6, 6.07) is 0. The van der Waals surface area contributed by atoms with Crippen LogP contribution in [0.15, 0.2) is 16.6 Å². The molecule has 2 aromatic rings.